The van der Waals surface area contributed by atoms with E-state index in [9.17, 15) is 4.79 Å². The van der Waals surface area contributed by atoms with Crippen molar-refractivity contribution in [3.05, 3.63) is 94.8 Å². The van der Waals surface area contributed by atoms with Gasteiger partial charge in [0.2, 0.25) is 0 Å². The van der Waals surface area contributed by atoms with Crippen molar-refractivity contribution < 1.29 is 9.53 Å². The van der Waals surface area contributed by atoms with Crippen LogP contribution in [0.4, 0.5) is 11.4 Å². The molecule has 5 aromatic rings. The number of fused-ring (bicyclic) bond motifs is 1. The number of nitrogens with two attached hydrogens (primary N) is 1. The Morgan fingerprint density at radius 2 is 1.71 bits per heavy atom. The summed E-state index contributed by atoms with van der Waals surface area (Å²) in [7, 11) is 0. The van der Waals surface area contributed by atoms with Crippen molar-refractivity contribution in [2.45, 2.75) is 6.92 Å². The maximum absolute atomic E-state index is 13.2. The van der Waals surface area contributed by atoms with Gasteiger partial charge in [-0.3, -0.25) is 4.79 Å². The van der Waals surface area contributed by atoms with E-state index in [1.807, 2.05) is 79.7 Å². The van der Waals surface area contributed by atoms with Crippen LogP contribution in [0, 0.1) is 0 Å². The largest absolute Gasteiger partial charge is 0.494 e. The van der Waals surface area contributed by atoms with Crippen molar-refractivity contribution in [1.82, 2.24) is 4.98 Å². The van der Waals surface area contributed by atoms with E-state index in [0.717, 1.165) is 33.5 Å². The summed E-state index contributed by atoms with van der Waals surface area (Å²) in [4.78, 5) is 19.2. The van der Waals surface area contributed by atoms with Crippen LogP contribution in [-0.2, 0) is 0 Å². The Hall–Kier alpha value is -3.87. The molecule has 0 unspecified atom stereocenters. The van der Waals surface area contributed by atoms with Gasteiger partial charge in [0.15, 0.2) is 0 Å². The fraction of sp³-hybridized carbons (Fsp3) is 0.0714. The van der Waals surface area contributed by atoms with E-state index >= 15 is 0 Å². The van der Waals surface area contributed by atoms with Gasteiger partial charge >= 0.3 is 0 Å². The predicted octanol–water partition coefficient (Wildman–Crippen LogP) is 7.52. The third kappa shape index (κ3) is 4.71. The van der Waals surface area contributed by atoms with Crippen LogP contribution in [0.15, 0.2) is 84.9 Å². The number of pyridine rings is 1. The number of anilines is 2. The SMILES string of the molecule is CCOc1ccc(NC(=O)c2sc3nc(-c4ccccc4)cc(-c4ccc(Cl)cc4)c3c2N)cc1. The van der Waals surface area contributed by atoms with E-state index in [-0.39, 0.29) is 5.91 Å². The number of aromatic nitrogens is 1. The number of hydrogen-bond acceptors (Lipinski definition) is 5. The molecule has 0 saturated heterocycles. The fourth-order valence-corrected chi connectivity index (χ4v) is 5.03. The van der Waals surface area contributed by atoms with Crippen LogP contribution >= 0.6 is 22.9 Å². The van der Waals surface area contributed by atoms with Crippen molar-refractivity contribution in [1.29, 1.82) is 0 Å². The lowest BCUT2D eigenvalue weighted by Crippen LogP contribution is -2.11. The molecule has 1 amide bonds. The van der Waals surface area contributed by atoms with Gasteiger partial charge < -0.3 is 15.8 Å². The number of nitrogen functional groups attached to an aromatic ring is 1. The minimum absolute atomic E-state index is 0.280. The lowest BCUT2D eigenvalue weighted by molar-refractivity contribution is 0.103. The van der Waals surface area contributed by atoms with E-state index in [1.54, 1.807) is 12.1 Å². The number of carbonyl (C=O) groups is 1. The molecule has 0 fully saturated rings. The molecule has 3 N–H and O–H groups in total. The van der Waals surface area contributed by atoms with E-state index in [1.165, 1.54) is 11.3 Å². The number of ether oxygens (including phenoxy) is 1. The molecule has 0 radical (unpaired) electrons. The minimum atomic E-state index is -0.280. The third-order valence-corrected chi connectivity index (χ3v) is 6.90. The van der Waals surface area contributed by atoms with Crippen molar-refractivity contribution in [2.75, 3.05) is 17.7 Å². The average Bonchev–Trinajstić information content (AvgIpc) is 3.22. The Morgan fingerprint density at radius 1 is 1.00 bits per heavy atom. The van der Waals surface area contributed by atoms with E-state index in [2.05, 4.69) is 5.32 Å². The highest BCUT2D eigenvalue weighted by atomic mass is 35.5. The second kappa shape index (κ2) is 9.78. The average molecular weight is 500 g/mol. The number of thiophene rings is 1. The Bertz CT molecular complexity index is 1500. The van der Waals surface area contributed by atoms with Gasteiger partial charge in [-0.2, -0.15) is 0 Å². The van der Waals surface area contributed by atoms with Crippen LogP contribution in [0.2, 0.25) is 5.02 Å². The van der Waals surface area contributed by atoms with E-state index in [4.69, 9.17) is 27.1 Å². The molecule has 5 rings (SSSR count). The Labute approximate surface area is 212 Å². The lowest BCUT2D eigenvalue weighted by Gasteiger charge is -2.09. The number of amides is 1. The van der Waals surface area contributed by atoms with Gasteiger partial charge in [0, 0.05) is 21.7 Å². The number of rotatable bonds is 6. The van der Waals surface area contributed by atoms with Gasteiger partial charge in [-0.05, 0) is 60.5 Å². The summed E-state index contributed by atoms with van der Waals surface area (Å²) in [5.74, 6) is 0.468. The Balaban J connectivity index is 1.59. The van der Waals surface area contributed by atoms with Crippen LogP contribution in [0.25, 0.3) is 32.6 Å². The summed E-state index contributed by atoms with van der Waals surface area (Å²) in [6.45, 7) is 2.51. The minimum Gasteiger partial charge on any atom is -0.494 e. The summed E-state index contributed by atoms with van der Waals surface area (Å²) < 4.78 is 5.47. The zero-order chi connectivity index (χ0) is 24.4. The summed E-state index contributed by atoms with van der Waals surface area (Å²) >= 11 is 7.41. The van der Waals surface area contributed by atoms with Crippen LogP contribution in [0.1, 0.15) is 16.6 Å². The van der Waals surface area contributed by atoms with Crippen LogP contribution in [0.5, 0.6) is 5.75 Å². The maximum atomic E-state index is 13.2. The molecule has 0 aliphatic heterocycles. The van der Waals surface area contributed by atoms with Crippen LogP contribution < -0.4 is 15.8 Å². The second-order valence-corrected chi connectivity index (χ2v) is 9.30. The zero-order valence-corrected chi connectivity index (χ0v) is 20.5. The first-order valence-electron chi connectivity index (χ1n) is 11.1. The molecule has 0 aliphatic rings. The van der Waals surface area contributed by atoms with Crippen LogP contribution in [-0.4, -0.2) is 17.5 Å². The Kier molecular flexibility index (Phi) is 6.40. The van der Waals surface area contributed by atoms with Gasteiger partial charge in [0.05, 0.1) is 18.0 Å². The molecule has 5 nitrogen and oxygen atoms in total. The van der Waals surface area contributed by atoms with Crippen molar-refractivity contribution >= 4 is 50.4 Å². The summed E-state index contributed by atoms with van der Waals surface area (Å²) in [6, 6.07) is 26.8. The molecular formula is C28H22ClN3O2S. The Morgan fingerprint density at radius 3 is 2.40 bits per heavy atom. The molecule has 7 heteroatoms. The maximum Gasteiger partial charge on any atom is 0.267 e. The van der Waals surface area contributed by atoms with Crippen molar-refractivity contribution in [3.63, 3.8) is 0 Å². The normalized spacial score (nSPS) is 10.9. The van der Waals surface area contributed by atoms with Gasteiger partial charge in [-0.15, -0.1) is 11.3 Å². The molecule has 3 aromatic carbocycles. The van der Waals surface area contributed by atoms with Gasteiger partial charge in [-0.1, -0.05) is 54.1 Å². The highest BCUT2D eigenvalue weighted by Gasteiger charge is 2.22. The topological polar surface area (TPSA) is 77.2 Å². The lowest BCUT2D eigenvalue weighted by atomic mass is 9.99. The first-order valence-corrected chi connectivity index (χ1v) is 12.3. The monoisotopic (exact) mass is 499 g/mol. The zero-order valence-electron chi connectivity index (χ0n) is 18.9. The number of nitrogens with one attached hydrogen (secondary N) is 1. The van der Waals surface area contributed by atoms with E-state index < -0.39 is 0 Å². The van der Waals surface area contributed by atoms with Gasteiger partial charge in [-0.25, -0.2) is 4.98 Å². The van der Waals surface area contributed by atoms with Crippen molar-refractivity contribution in [2.24, 2.45) is 0 Å². The molecule has 174 valence electrons. The molecular weight excluding hydrogens is 478 g/mol. The summed E-state index contributed by atoms with van der Waals surface area (Å²) in [6.07, 6.45) is 0. The first-order chi connectivity index (χ1) is 17.0. The molecule has 0 atom stereocenters. The molecule has 0 saturated carbocycles. The molecule has 2 aromatic heterocycles. The third-order valence-electron chi connectivity index (χ3n) is 5.55. The van der Waals surface area contributed by atoms with Gasteiger partial charge in [0.1, 0.15) is 15.5 Å². The fourth-order valence-electron chi connectivity index (χ4n) is 3.89. The standard InChI is InChI=1S/C28H22ClN3O2S/c1-2-34-21-14-12-20(13-15-21)31-27(33)26-25(30)24-22(17-8-10-19(29)11-9-17)16-23(32-28(24)35-26)18-6-4-3-5-7-18/h3-16H,2,30H2,1H3,(H,31,33). The number of benzene rings is 3. The molecule has 2 heterocycles. The number of nitrogens with zero attached hydrogens (tertiary/aromatic N) is 1. The molecule has 0 aliphatic carbocycles. The van der Waals surface area contributed by atoms with Crippen molar-refractivity contribution in [3.8, 4) is 28.1 Å². The quantitative estimate of drug-likeness (QED) is 0.253. The summed E-state index contributed by atoms with van der Waals surface area (Å²) in [5.41, 5.74) is 11.3. The predicted molar refractivity (Wildman–Crippen MR) is 145 cm³/mol. The smallest absolute Gasteiger partial charge is 0.267 e. The number of carbonyl (C=O) groups excluding carboxylic acids is 1. The number of hydrogen-bond donors (Lipinski definition) is 2. The highest BCUT2D eigenvalue weighted by Crippen LogP contribution is 2.41. The summed E-state index contributed by atoms with van der Waals surface area (Å²) in [5, 5.41) is 4.34. The molecule has 0 bridgehead atoms. The van der Waals surface area contributed by atoms with E-state index in [0.29, 0.717) is 32.7 Å². The first kappa shape index (κ1) is 22.9. The second-order valence-electron chi connectivity index (χ2n) is 7.86. The van der Waals surface area contributed by atoms with Gasteiger partial charge in [0.25, 0.3) is 5.91 Å². The molecule has 35 heavy (non-hydrogen) atoms. The molecule has 0 spiro atoms. The number of halogens is 1. The van der Waals surface area contributed by atoms with Crippen LogP contribution in [0.3, 0.4) is 0 Å². The highest BCUT2D eigenvalue weighted by molar-refractivity contribution is 7.21.